The van der Waals surface area contributed by atoms with Gasteiger partial charge in [-0.3, -0.25) is 15.0 Å². The Labute approximate surface area is 124 Å². The van der Waals surface area contributed by atoms with Crippen LogP contribution >= 0.6 is 11.3 Å². The van der Waals surface area contributed by atoms with Crippen molar-refractivity contribution in [1.82, 2.24) is 9.88 Å². The molecule has 0 atom stereocenters. The second-order valence-corrected chi connectivity index (χ2v) is 5.75. The van der Waals surface area contributed by atoms with Crippen LogP contribution in [-0.2, 0) is 22.5 Å². The Hall–Kier alpha value is -1.19. The first-order chi connectivity index (χ1) is 9.87. The Kier molecular flexibility index (Phi) is 5.17. The van der Waals surface area contributed by atoms with Gasteiger partial charge in [0.1, 0.15) is 13.2 Å². The molecule has 2 rings (SSSR count). The smallest absolute Gasteiger partial charge is 0.362 e. The maximum absolute atomic E-state index is 11.9. The monoisotopic (exact) mass is 323 g/mol. The summed E-state index contributed by atoms with van der Waals surface area (Å²) in [6.07, 6.45) is -3.61. The lowest BCUT2D eigenvalue weighted by molar-refractivity contribution is -0.174. The Bertz CT molecular complexity index is 504. The van der Waals surface area contributed by atoms with Crippen molar-refractivity contribution in [2.45, 2.75) is 26.1 Å². The molecule has 2 heterocycles. The molecule has 1 aliphatic heterocycles. The number of amides is 1. The van der Waals surface area contributed by atoms with Crippen molar-refractivity contribution in [1.29, 1.82) is 0 Å². The van der Waals surface area contributed by atoms with E-state index in [-0.39, 0.29) is 0 Å². The van der Waals surface area contributed by atoms with Crippen molar-refractivity contribution in [3.63, 3.8) is 0 Å². The molecule has 1 aromatic heterocycles. The Balaban J connectivity index is 1.84. The molecule has 0 saturated carbocycles. The van der Waals surface area contributed by atoms with Gasteiger partial charge < -0.3 is 4.74 Å². The van der Waals surface area contributed by atoms with Crippen molar-refractivity contribution in [3.8, 4) is 0 Å². The minimum absolute atomic E-state index is 0.415. The number of likely N-dealkylation sites (N-methyl/N-ethyl adjacent to an activating group) is 1. The lowest BCUT2D eigenvalue weighted by atomic mass is 10.2. The van der Waals surface area contributed by atoms with Gasteiger partial charge in [0.15, 0.2) is 5.13 Å². The number of aromatic nitrogens is 1. The lowest BCUT2D eigenvalue weighted by Crippen LogP contribution is -2.29. The number of alkyl halides is 3. The summed E-state index contributed by atoms with van der Waals surface area (Å²) in [5.74, 6) is -0.627. The summed E-state index contributed by atoms with van der Waals surface area (Å²) in [5, 5.41) is 2.89. The van der Waals surface area contributed by atoms with Crippen molar-refractivity contribution in [2.24, 2.45) is 0 Å². The molecule has 0 aromatic carbocycles. The van der Waals surface area contributed by atoms with Crippen LogP contribution in [0, 0.1) is 0 Å². The summed E-state index contributed by atoms with van der Waals surface area (Å²) in [5.41, 5.74) is 0.955. The van der Waals surface area contributed by atoms with Gasteiger partial charge in [0.05, 0.1) is 5.69 Å². The number of hydrogen-bond acceptors (Lipinski definition) is 5. The summed E-state index contributed by atoms with van der Waals surface area (Å²) in [6.45, 7) is 2.68. The molecule has 1 amide bonds. The molecule has 5 nitrogen and oxygen atoms in total. The molecule has 9 heteroatoms. The van der Waals surface area contributed by atoms with Gasteiger partial charge in [-0.05, 0) is 6.54 Å². The van der Waals surface area contributed by atoms with Crippen molar-refractivity contribution >= 4 is 22.4 Å². The maximum Gasteiger partial charge on any atom is 0.411 e. The fourth-order valence-electron chi connectivity index (χ4n) is 1.99. The highest BCUT2D eigenvalue weighted by Crippen LogP contribution is 2.28. The van der Waals surface area contributed by atoms with Gasteiger partial charge >= 0.3 is 6.18 Å². The van der Waals surface area contributed by atoms with Gasteiger partial charge in [-0.2, -0.15) is 13.2 Å². The molecule has 0 fully saturated rings. The third-order valence-corrected chi connectivity index (χ3v) is 4.00. The van der Waals surface area contributed by atoms with E-state index in [1.807, 2.05) is 0 Å². The van der Waals surface area contributed by atoms with Crippen LogP contribution in [0.15, 0.2) is 0 Å². The molecular weight excluding hydrogens is 307 g/mol. The molecule has 0 saturated heterocycles. The Morgan fingerprint density at radius 1 is 1.52 bits per heavy atom. The van der Waals surface area contributed by atoms with Crippen LogP contribution in [0.25, 0.3) is 0 Å². The normalized spacial score (nSPS) is 15.8. The number of ether oxygens (including phenoxy) is 1. The molecule has 1 N–H and O–H groups in total. The molecule has 1 aromatic rings. The largest absolute Gasteiger partial charge is 0.411 e. The number of nitrogens with zero attached hydrogens (tertiary/aromatic N) is 2. The SMILES string of the molecule is CCN1CCc2nc(NC(=O)COCC(F)(F)F)sc2C1. The number of carbonyl (C=O) groups is 1. The Morgan fingerprint density at radius 3 is 2.95 bits per heavy atom. The molecular formula is C12H16F3N3O2S. The number of thiazole rings is 1. The van der Waals surface area contributed by atoms with Gasteiger partial charge in [0.2, 0.25) is 0 Å². The number of nitrogens with one attached hydrogen (secondary N) is 1. The third kappa shape index (κ3) is 4.94. The second kappa shape index (κ2) is 6.71. The van der Waals surface area contributed by atoms with Gasteiger partial charge in [-0.15, -0.1) is 11.3 Å². The minimum Gasteiger partial charge on any atom is -0.362 e. The molecule has 21 heavy (non-hydrogen) atoms. The molecule has 118 valence electrons. The Morgan fingerprint density at radius 2 is 2.29 bits per heavy atom. The number of carbonyl (C=O) groups excluding carboxylic acids is 1. The van der Waals surface area contributed by atoms with Crippen LogP contribution in [0.3, 0.4) is 0 Å². The van der Waals surface area contributed by atoms with Gasteiger partial charge in [-0.1, -0.05) is 6.92 Å². The quantitative estimate of drug-likeness (QED) is 0.901. The van der Waals surface area contributed by atoms with E-state index in [1.54, 1.807) is 0 Å². The van der Waals surface area contributed by atoms with E-state index < -0.39 is 25.3 Å². The van der Waals surface area contributed by atoms with E-state index in [4.69, 9.17) is 0 Å². The summed E-state index contributed by atoms with van der Waals surface area (Å²) in [6, 6.07) is 0. The molecule has 0 radical (unpaired) electrons. The fourth-order valence-corrected chi connectivity index (χ4v) is 3.05. The number of hydrogen-bond donors (Lipinski definition) is 1. The van der Waals surface area contributed by atoms with Crippen LogP contribution in [-0.4, -0.2) is 48.3 Å². The molecule has 0 unspecified atom stereocenters. The van der Waals surface area contributed by atoms with Crippen molar-refractivity contribution in [3.05, 3.63) is 10.6 Å². The van der Waals surface area contributed by atoms with Crippen LogP contribution in [0.1, 0.15) is 17.5 Å². The topological polar surface area (TPSA) is 54.5 Å². The van der Waals surface area contributed by atoms with Crippen LogP contribution in [0.2, 0.25) is 0 Å². The average molecular weight is 323 g/mol. The van der Waals surface area contributed by atoms with E-state index in [2.05, 4.69) is 26.9 Å². The number of halogens is 3. The summed E-state index contributed by atoms with van der Waals surface area (Å²) < 4.78 is 40.0. The van der Waals surface area contributed by atoms with Crippen LogP contribution in [0.5, 0.6) is 0 Å². The zero-order valence-corrected chi connectivity index (χ0v) is 12.3. The first kappa shape index (κ1) is 16.2. The summed E-state index contributed by atoms with van der Waals surface area (Å²) in [4.78, 5) is 19.1. The first-order valence-corrected chi connectivity index (χ1v) is 7.34. The highest BCUT2D eigenvalue weighted by atomic mass is 32.1. The molecule has 0 aliphatic carbocycles. The summed E-state index contributed by atoms with van der Waals surface area (Å²) >= 11 is 1.36. The lowest BCUT2D eigenvalue weighted by Gasteiger charge is -2.23. The van der Waals surface area contributed by atoms with Crippen LogP contribution in [0.4, 0.5) is 18.3 Å². The van der Waals surface area contributed by atoms with E-state index in [0.29, 0.717) is 5.13 Å². The van der Waals surface area contributed by atoms with Crippen LogP contribution < -0.4 is 5.32 Å². The van der Waals surface area contributed by atoms with E-state index >= 15 is 0 Å². The van der Waals surface area contributed by atoms with Crippen molar-refractivity contribution in [2.75, 3.05) is 31.6 Å². The second-order valence-electron chi connectivity index (χ2n) is 4.66. The molecule has 0 bridgehead atoms. The highest BCUT2D eigenvalue weighted by molar-refractivity contribution is 7.15. The minimum atomic E-state index is -4.43. The van der Waals surface area contributed by atoms with Gasteiger partial charge in [0.25, 0.3) is 5.91 Å². The zero-order valence-electron chi connectivity index (χ0n) is 11.5. The average Bonchev–Trinajstić information content (AvgIpc) is 2.77. The first-order valence-electron chi connectivity index (χ1n) is 6.52. The fraction of sp³-hybridized carbons (Fsp3) is 0.667. The van der Waals surface area contributed by atoms with E-state index in [1.165, 1.54) is 11.3 Å². The summed E-state index contributed by atoms with van der Waals surface area (Å²) in [7, 11) is 0. The molecule has 0 spiro atoms. The zero-order chi connectivity index (χ0) is 15.5. The van der Waals surface area contributed by atoms with E-state index in [0.717, 1.165) is 36.6 Å². The number of rotatable bonds is 5. The van der Waals surface area contributed by atoms with Gasteiger partial charge in [0, 0.05) is 24.4 Å². The number of anilines is 1. The maximum atomic E-state index is 11.9. The predicted octanol–water partition coefficient (Wildman–Crippen LogP) is 2.04. The third-order valence-electron chi connectivity index (χ3n) is 3.00. The van der Waals surface area contributed by atoms with Crippen molar-refractivity contribution < 1.29 is 22.7 Å². The van der Waals surface area contributed by atoms with E-state index in [9.17, 15) is 18.0 Å². The van der Waals surface area contributed by atoms with Gasteiger partial charge in [-0.25, -0.2) is 4.98 Å². The molecule has 1 aliphatic rings. The highest BCUT2D eigenvalue weighted by Gasteiger charge is 2.28. The standard InChI is InChI=1S/C12H16F3N3O2S/c1-2-18-4-3-8-9(5-18)21-11(16-8)17-10(19)6-20-7-12(13,14)15/h2-7H2,1H3,(H,16,17,19). The predicted molar refractivity (Wildman–Crippen MR) is 72.3 cm³/mol. The number of fused-ring (bicyclic) bond motifs is 1.